The monoisotopic (exact) mass is 305 g/mol. The number of hydrogen-bond acceptors (Lipinski definition) is 4. The molecule has 0 unspecified atom stereocenters. The summed E-state index contributed by atoms with van der Waals surface area (Å²) in [7, 11) is 0. The normalized spacial score (nSPS) is 15.7. The lowest BCUT2D eigenvalue weighted by atomic mass is 9.89. The minimum absolute atomic E-state index is 0.507. The largest absolute Gasteiger partial charge is 0.341 e. The molecule has 4 rings (SSSR count). The van der Waals surface area contributed by atoms with Crippen molar-refractivity contribution < 1.29 is 0 Å². The molecule has 0 atom stereocenters. The number of rotatable bonds is 3. The molecule has 0 saturated carbocycles. The van der Waals surface area contributed by atoms with Crippen molar-refractivity contribution in [2.75, 3.05) is 18.0 Å². The van der Waals surface area contributed by atoms with Gasteiger partial charge in [0.1, 0.15) is 0 Å². The average molecular weight is 305 g/mol. The van der Waals surface area contributed by atoms with Crippen molar-refractivity contribution >= 4 is 5.95 Å². The minimum atomic E-state index is 0.507. The zero-order valence-electron chi connectivity index (χ0n) is 12.9. The predicted octanol–water partition coefficient (Wildman–Crippen LogP) is 3.25. The number of aromatic nitrogens is 4. The van der Waals surface area contributed by atoms with E-state index in [0.717, 1.165) is 31.9 Å². The maximum absolute atomic E-state index is 4.35. The van der Waals surface area contributed by atoms with Gasteiger partial charge in [-0.25, -0.2) is 9.97 Å². The van der Waals surface area contributed by atoms with Crippen molar-refractivity contribution in [3.8, 4) is 11.1 Å². The quantitative estimate of drug-likeness (QED) is 0.807. The van der Waals surface area contributed by atoms with Crippen LogP contribution in [-0.2, 0) is 0 Å². The number of aromatic amines is 1. The number of piperidine rings is 1. The van der Waals surface area contributed by atoms with Crippen molar-refractivity contribution in [1.82, 2.24) is 20.2 Å². The average Bonchev–Trinajstić information content (AvgIpc) is 3.13. The molecule has 3 aromatic rings. The first-order chi connectivity index (χ1) is 11.4. The summed E-state index contributed by atoms with van der Waals surface area (Å²) in [4.78, 5) is 11.0. The third kappa shape index (κ3) is 2.82. The first kappa shape index (κ1) is 13.9. The first-order valence-electron chi connectivity index (χ1n) is 8.02. The van der Waals surface area contributed by atoms with Gasteiger partial charge in [-0.1, -0.05) is 30.3 Å². The summed E-state index contributed by atoms with van der Waals surface area (Å²) >= 11 is 0. The summed E-state index contributed by atoms with van der Waals surface area (Å²) in [6.45, 7) is 1.95. The predicted molar refractivity (Wildman–Crippen MR) is 90.2 cm³/mol. The molecule has 1 saturated heterocycles. The highest BCUT2D eigenvalue weighted by Gasteiger charge is 2.25. The topological polar surface area (TPSA) is 57.7 Å². The summed E-state index contributed by atoms with van der Waals surface area (Å²) in [5, 5.41) is 7.52. The van der Waals surface area contributed by atoms with Gasteiger partial charge in [-0.3, -0.25) is 5.10 Å². The fourth-order valence-electron chi connectivity index (χ4n) is 3.28. The van der Waals surface area contributed by atoms with E-state index in [9.17, 15) is 0 Å². The van der Waals surface area contributed by atoms with Crippen LogP contribution < -0.4 is 4.90 Å². The lowest BCUT2D eigenvalue weighted by molar-refractivity contribution is 0.491. The van der Waals surface area contributed by atoms with Gasteiger partial charge in [0.25, 0.3) is 0 Å². The molecule has 0 aliphatic carbocycles. The molecular formula is C18H19N5. The Balaban J connectivity index is 1.51. The molecule has 1 N–H and O–H groups in total. The highest BCUT2D eigenvalue weighted by molar-refractivity contribution is 5.65. The van der Waals surface area contributed by atoms with Gasteiger partial charge < -0.3 is 4.90 Å². The van der Waals surface area contributed by atoms with Crippen LogP contribution in [0, 0.1) is 0 Å². The van der Waals surface area contributed by atoms with E-state index in [2.05, 4.69) is 49.3 Å². The molecule has 2 aromatic heterocycles. The highest BCUT2D eigenvalue weighted by Crippen LogP contribution is 2.34. The molecule has 1 aliphatic rings. The van der Waals surface area contributed by atoms with E-state index < -0.39 is 0 Å². The van der Waals surface area contributed by atoms with Gasteiger partial charge in [0.15, 0.2) is 0 Å². The van der Waals surface area contributed by atoms with Crippen LogP contribution in [-0.4, -0.2) is 33.3 Å². The van der Waals surface area contributed by atoms with Gasteiger partial charge in [-0.05, 0) is 24.5 Å². The summed E-state index contributed by atoms with van der Waals surface area (Å²) in [6.07, 6.45) is 7.71. The fraction of sp³-hybridized carbons (Fsp3) is 0.278. The Hall–Kier alpha value is -2.69. The second-order valence-corrected chi connectivity index (χ2v) is 5.87. The van der Waals surface area contributed by atoms with Crippen LogP contribution in [0.15, 0.2) is 55.0 Å². The Morgan fingerprint density at radius 2 is 1.70 bits per heavy atom. The summed E-state index contributed by atoms with van der Waals surface area (Å²) in [6, 6.07) is 12.3. The molecular weight excluding hydrogens is 286 g/mol. The molecule has 0 spiro atoms. The molecule has 116 valence electrons. The van der Waals surface area contributed by atoms with Gasteiger partial charge >= 0.3 is 0 Å². The highest BCUT2D eigenvalue weighted by atomic mass is 15.2. The zero-order chi connectivity index (χ0) is 15.5. The Kier molecular flexibility index (Phi) is 3.76. The van der Waals surface area contributed by atoms with Crippen LogP contribution in [0.4, 0.5) is 5.95 Å². The van der Waals surface area contributed by atoms with Crippen LogP contribution in [0.1, 0.15) is 24.5 Å². The van der Waals surface area contributed by atoms with Crippen molar-refractivity contribution in [2.45, 2.75) is 18.8 Å². The standard InChI is InChI=1S/C18H19N5/c1-2-5-14(6-3-1)16-13-21-22-17(16)15-7-11-23(12-8-15)18-19-9-4-10-20-18/h1-6,9-10,13,15H,7-8,11-12H2,(H,21,22). The van der Waals surface area contributed by atoms with E-state index in [0.29, 0.717) is 5.92 Å². The minimum Gasteiger partial charge on any atom is -0.341 e. The number of nitrogens with one attached hydrogen (secondary N) is 1. The lowest BCUT2D eigenvalue weighted by Crippen LogP contribution is -2.34. The number of nitrogens with zero attached hydrogens (tertiary/aromatic N) is 4. The van der Waals surface area contributed by atoms with Crippen LogP contribution in [0.3, 0.4) is 0 Å². The van der Waals surface area contributed by atoms with Crippen molar-refractivity contribution in [1.29, 1.82) is 0 Å². The number of benzene rings is 1. The van der Waals surface area contributed by atoms with Gasteiger partial charge in [-0.15, -0.1) is 0 Å². The van der Waals surface area contributed by atoms with Crippen LogP contribution >= 0.6 is 0 Å². The Bertz CT molecular complexity index is 745. The molecule has 23 heavy (non-hydrogen) atoms. The number of anilines is 1. The van der Waals surface area contributed by atoms with Gasteiger partial charge in [0, 0.05) is 42.7 Å². The van der Waals surface area contributed by atoms with Gasteiger partial charge in [0.2, 0.25) is 5.95 Å². The maximum atomic E-state index is 4.35. The second kappa shape index (κ2) is 6.20. The van der Waals surface area contributed by atoms with E-state index in [1.807, 2.05) is 18.3 Å². The van der Waals surface area contributed by atoms with Crippen LogP contribution in [0.25, 0.3) is 11.1 Å². The van der Waals surface area contributed by atoms with E-state index >= 15 is 0 Å². The van der Waals surface area contributed by atoms with E-state index in [1.54, 1.807) is 12.4 Å². The summed E-state index contributed by atoms with van der Waals surface area (Å²) < 4.78 is 0. The molecule has 5 heteroatoms. The molecule has 0 amide bonds. The van der Waals surface area contributed by atoms with Gasteiger partial charge in [0.05, 0.1) is 6.20 Å². The third-order valence-corrected chi connectivity index (χ3v) is 4.49. The van der Waals surface area contributed by atoms with Gasteiger partial charge in [-0.2, -0.15) is 5.10 Å². The molecule has 1 fully saturated rings. The molecule has 0 radical (unpaired) electrons. The van der Waals surface area contributed by atoms with Crippen molar-refractivity contribution in [3.05, 3.63) is 60.7 Å². The maximum Gasteiger partial charge on any atom is 0.225 e. The number of hydrogen-bond donors (Lipinski definition) is 1. The molecule has 1 aromatic carbocycles. The van der Waals surface area contributed by atoms with Crippen molar-refractivity contribution in [3.63, 3.8) is 0 Å². The number of H-pyrrole nitrogens is 1. The Labute approximate surface area is 135 Å². The third-order valence-electron chi connectivity index (χ3n) is 4.49. The molecule has 0 bridgehead atoms. The Morgan fingerprint density at radius 1 is 0.957 bits per heavy atom. The SMILES string of the molecule is c1ccc(-c2cn[nH]c2C2CCN(c3ncccn3)CC2)cc1. The summed E-state index contributed by atoms with van der Waals surface area (Å²) in [5.74, 6) is 1.34. The lowest BCUT2D eigenvalue weighted by Gasteiger charge is -2.31. The van der Waals surface area contributed by atoms with Crippen LogP contribution in [0.2, 0.25) is 0 Å². The van der Waals surface area contributed by atoms with E-state index in [1.165, 1.54) is 16.8 Å². The van der Waals surface area contributed by atoms with Crippen molar-refractivity contribution in [2.24, 2.45) is 0 Å². The Morgan fingerprint density at radius 3 is 2.43 bits per heavy atom. The molecule has 5 nitrogen and oxygen atoms in total. The zero-order valence-corrected chi connectivity index (χ0v) is 12.9. The smallest absolute Gasteiger partial charge is 0.225 e. The fourth-order valence-corrected chi connectivity index (χ4v) is 3.28. The first-order valence-corrected chi connectivity index (χ1v) is 8.02. The van der Waals surface area contributed by atoms with Crippen LogP contribution in [0.5, 0.6) is 0 Å². The molecule has 3 heterocycles. The molecule has 1 aliphatic heterocycles. The second-order valence-electron chi connectivity index (χ2n) is 5.87. The van der Waals surface area contributed by atoms with E-state index in [-0.39, 0.29) is 0 Å². The summed E-state index contributed by atoms with van der Waals surface area (Å²) in [5.41, 5.74) is 3.70. The van der Waals surface area contributed by atoms with E-state index in [4.69, 9.17) is 0 Å².